The summed E-state index contributed by atoms with van der Waals surface area (Å²) in [6.07, 6.45) is 4.25. The molecule has 0 spiro atoms. The van der Waals surface area contributed by atoms with Gasteiger partial charge in [-0.25, -0.2) is 0 Å². The lowest BCUT2D eigenvalue weighted by molar-refractivity contribution is -0.918. The van der Waals surface area contributed by atoms with E-state index in [-0.39, 0.29) is 0 Å². The fourth-order valence-corrected chi connectivity index (χ4v) is 2.41. The van der Waals surface area contributed by atoms with Crippen molar-refractivity contribution in [2.75, 3.05) is 13.1 Å². The molecule has 15 heavy (non-hydrogen) atoms. The Morgan fingerprint density at radius 1 is 1.07 bits per heavy atom. The molecule has 1 fully saturated rings. The van der Waals surface area contributed by atoms with Crippen LogP contribution in [0.3, 0.4) is 0 Å². The highest BCUT2D eigenvalue weighted by Gasteiger charge is 2.13. The Labute approximate surface area is 92.1 Å². The molecule has 0 bridgehead atoms. The average Bonchev–Trinajstić information content (AvgIpc) is 2.31. The Bertz CT molecular complexity index is 303. The minimum Gasteiger partial charge on any atom is -0.354 e. The molecule has 1 aliphatic rings. The average molecular weight is 206 g/mol. The van der Waals surface area contributed by atoms with Gasteiger partial charge in [-0.1, -0.05) is 18.2 Å². The first-order valence-electron chi connectivity index (χ1n) is 6.09. The van der Waals surface area contributed by atoms with Crippen molar-refractivity contribution < 1.29 is 10.6 Å². The molecule has 0 amide bonds. The lowest BCUT2D eigenvalue weighted by Gasteiger charge is -2.23. The summed E-state index contributed by atoms with van der Waals surface area (Å²) < 4.78 is 0. The highest BCUT2D eigenvalue weighted by molar-refractivity contribution is 5.21. The number of piperidine rings is 1. The lowest BCUT2D eigenvalue weighted by atomic mass is 10.1. The van der Waals surface area contributed by atoms with Crippen molar-refractivity contribution in [3.63, 3.8) is 0 Å². The summed E-state index contributed by atoms with van der Waals surface area (Å²) in [5, 5.41) is 0. The normalized spacial score (nSPS) is 17.9. The van der Waals surface area contributed by atoms with Crippen LogP contribution in [0, 0.1) is 0 Å². The molecule has 82 valence electrons. The van der Waals surface area contributed by atoms with Gasteiger partial charge in [0.05, 0.1) is 19.6 Å². The minimum absolute atomic E-state index is 0.906. The molecule has 2 heteroatoms. The summed E-state index contributed by atoms with van der Waals surface area (Å²) in [4.78, 5) is 1.75. The minimum atomic E-state index is 0.906. The zero-order chi connectivity index (χ0) is 10.5. The third kappa shape index (κ3) is 3.05. The van der Waals surface area contributed by atoms with Gasteiger partial charge in [0.25, 0.3) is 0 Å². The Kier molecular flexibility index (Phi) is 3.75. The SMILES string of the molecule is [NH3+]Cc1cccc(C[NH+]2CCCCC2)c1. The molecule has 1 aromatic carbocycles. The van der Waals surface area contributed by atoms with Crippen molar-refractivity contribution in [2.24, 2.45) is 0 Å². The number of rotatable bonds is 3. The number of hydrogen-bond acceptors (Lipinski definition) is 0. The molecular formula is C13H22N2+2. The van der Waals surface area contributed by atoms with Crippen LogP contribution >= 0.6 is 0 Å². The van der Waals surface area contributed by atoms with Crippen molar-refractivity contribution in [1.82, 2.24) is 0 Å². The van der Waals surface area contributed by atoms with Crippen LogP contribution in [0.25, 0.3) is 0 Å². The second kappa shape index (κ2) is 5.29. The molecule has 0 saturated carbocycles. The molecule has 4 N–H and O–H groups in total. The predicted octanol–water partition coefficient (Wildman–Crippen LogP) is -0.00270. The summed E-state index contributed by atoms with van der Waals surface area (Å²) in [6, 6.07) is 8.90. The number of nitrogens with one attached hydrogen (secondary N) is 1. The number of hydrogen-bond donors (Lipinski definition) is 2. The van der Waals surface area contributed by atoms with Gasteiger partial charge in [-0.05, 0) is 25.3 Å². The van der Waals surface area contributed by atoms with Gasteiger partial charge in [0.15, 0.2) is 0 Å². The van der Waals surface area contributed by atoms with E-state index in [4.69, 9.17) is 0 Å². The molecule has 1 heterocycles. The monoisotopic (exact) mass is 206 g/mol. The zero-order valence-corrected chi connectivity index (χ0v) is 9.47. The second-order valence-corrected chi connectivity index (χ2v) is 4.56. The molecular weight excluding hydrogens is 184 g/mol. The van der Waals surface area contributed by atoms with E-state index in [2.05, 4.69) is 30.0 Å². The predicted molar refractivity (Wildman–Crippen MR) is 61.3 cm³/mol. The van der Waals surface area contributed by atoms with Gasteiger partial charge in [-0.2, -0.15) is 0 Å². The van der Waals surface area contributed by atoms with E-state index in [1.807, 2.05) is 0 Å². The Morgan fingerprint density at radius 3 is 2.53 bits per heavy atom. The van der Waals surface area contributed by atoms with Gasteiger partial charge < -0.3 is 10.6 Å². The summed E-state index contributed by atoms with van der Waals surface area (Å²) in [6.45, 7) is 4.82. The standard InChI is InChI=1S/C13H20N2/c14-10-12-5-4-6-13(9-12)11-15-7-2-1-3-8-15/h4-6,9H,1-3,7-8,10-11,14H2/p+2. The third-order valence-electron chi connectivity index (χ3n) is 3.29. The molecule has 0 aromatic heterocycles. The lowest BCUT2D eigenvalue weighted by Crippen LogP contribution is -3.11. The van der Waals surface area contributed by atoms with Gasteiger partial charge in [0.1, 0.15) is 6.54 Å². The van der Waals surface area contributed by atoms with Crippen molar-refractivity contribution in [1.29, 1.82) is 0 Å². The Balaban J connectivity index is 1.96. The van der Waals surface area contributed by atoms with Crippen molar-refractivity contribution >= 4 is 0 Å². The van der Waals surface area contributed by atoms with Crippen molar-refractivity contribution in [3.8, 4) is 0 Å². The number of quaternary nitrogens is 2. The molecule has 0 atom stereocenters. The molecule has 0 radical (unpaired) electrons. The van der Waals surface area contributed by atoms with Crippen molar-refractivity contribution in [3.05, 3.63) is 35.4 Å². The van der Waals surface area contributed by atoms with Gasteiger partial charge >= 0.3 is 0 Å². The maximum Gasteiger partial charge on any atom is 0.103 e. The molecule has 2 rings (SSSR count). The fraction of sp³-hybridized carbons (Fsp3) is 0.538. The second-order valence-electron chi connectivity index (χ2n) is 4.56. The van der Waals surface area contributed by atoms with E-state index in [0.29, 0.717) is 0 Å². The van der Waals surface area contributed by atoms with E-state index >= 15 is 0 Å². The van der Waals surface area contributed by atoms with Crippen LogP contribution in [0.2, 0.25) is 0 Å². The Hall–Kier alpha value is -0.860. The number of likely N-dealkylation sites (tertiary alicyclic amines) is 1. The van der Waals surface area contributed by atoms with E-state index in [1.54, 1.807) is 4.90 Å². The van der Waals surface area contributed by atoms with E-state index in [9.17, 15) is 0 Å². The van der Waals surface area contributed by atoms with Crippen LogP contribution in [0.4, 0.5) is 0 Å². The van der Waals surface area contributed by atoms with E-state index in [1.165, 1.54) is 50.0 Å². The summed E-state index contributed by atoms with van der Waals surface area (Å²) in [5.41, 5.74) is 6.78. The smallest absolute Gasteiger partial charge is 0.103 e. The molecule has 2 nitrogen and oxygen atoms in total. The Morgan fingerprint density at radius 2 is 1.80 bits per heavy atom. The fourth-order valence-electron chi connectivity index (χ4n) is 2.41. The van der Waals surface area contributed by atoms with Crippen LogP contribution in [-0.4, -0.2) is 13.1 Å². The van der Waals surface area contributed by atoms with Crippen LogP contribution in [0.1, 0.15) is 30.4 Å². The van der Waals surface area contributed by atoms with Gasteiger partial charge in [0, 0.05) is 11.1 Å². The zero-order valence-electron chi connectivity index (χ0n) is 9.47. The quantitative estimate of drug-likeness (QED) is 0.698. The first-order valence-corrected chi connectivity index (χ1v) is 6.09. The van der Waals surface area contributed by atoms with Crippen LogP contribution < -0.4 is 10.6 Å². The van der Waals surface area contributed by atoms with Crippen LogP contribution in [0.15, 0.2) is 24.3 Å². The van der Waals surface area contributed by atoms with Crippen LogP contribution in [0.5, 0.6) is 0 Å². The largest absolute Gasteiger partial charge is 0.354 e. The van der Waals surface area contributed by atoms with E-state index < -0.39 is 0 Å². The summed E-state index contributed by atoms with van der Waals surface area (Å²) in [7, 11) is 0. The highest BCUT2D eigenvalue weighted by atomic mass is 15.1. The molecule has 0 unspecified atom stereocenters. The first kappa shape index (κ1) is 10.7. The summed E-state index contributed by atoms with van der Waals surface area (Å²) >= 11 is 0. The maximum absolute atomic E-state index is 3.94. The highest BCUT2D eigenvalue weighted by Crippen LogP contribution is 2.03. The summed E-state index contributed by atoms with van der Waals surface area (Å²) in [5.74, 6) is 0. The third-order valence-corrected chi connectivity index (χ3v) is 3.29. The maximum atomic E-state index is 3.94. The van der Waals surface area contributed by atoms with Crippen molar-refractivity contribution in [2.45, 2.75) is 32.4 Å². The number of benzene rings is 1. The van der Waals surface area contributed by atoms with Gasteiger partial charge in [0.2, 0.25) is 0 Å². The molecule has 1 aromatic rings. The van der Waals surface area contributed by atoms with Crippen LogP contribution in [-0.2, 0) is 13.1 Å². The topological polar surface area (TPSA) is 32.1 Å². The molecule has 1 aliphatic heterocycles. The van der Waals surface area contributed by atoms with Gasteiger partial charge in [-0.15, -0.1) is 0 Å². The molecule has 0 aliphatic carbocycles. The van der Waals surface area contributed by atoms with E-state index in [0.717, 1.165) is 6.54 Å². The van der Waals surface area contributed by atoms with Gasteiger partial charge in [-0.3, -0.25) is 0 Å². The molecule has 1 saturated heterocycles. The first-order chi connectivity index (χ1) is 7.38.